The van der Waals surface area contributed by atoms with Crippen LogP contribution in [0.25, 0.3) is 0 Å². The topological polar surface area (TPSA) is 97.5 Å². The van der Waals surface area contributed by atoms with Crippen LogP contribution in [0.4, 0.5) is 17.2 Å². The van der Waals surface area contributed by atoms with E-state index in [0.717, 1.165) is 0 Å². The molecule has 0 radical (unpaired) electrons. The third-order valence-corrected chi connectivity index (χ3v) is 2.55. The maximum Gasteiger partial charge on any atom is 0.339 e. The maximum absolute atomic E-state index is 11.2. The van der Waals surface area contributed by atoms with E-state index >= 15 is 0 Å². The molecule has 6 nitrogen and oxygen atoms in total. The zero-order valence-electron chi connectivity index (χ0n) is 11.0. The smallest absolute Gasteiger partial charge is 0.339 e. The van der Waals surface area contributed by atoms with Gasteiger partial charge in [0, 0.05) is 11.8 Å². The first kappa shape index (κ1) is 13.7. The van der Waals surface area contributed by atoms with Crippen molar-refractivity contribution in [1.82, 2.24) is 4.98 Å². The third kappa shape index (κ3) is 3.17. The van der Waals surface area contributed by atoms with Crippen LogP contribution in [0.5, 0.6) is 5.75 Å². The molecule has 0 spiro atoms. The molecule has 1 aromatic carbocycles. The van der Waals surface area contributed by atoms with Crippen molar-refractivity contribution in [2.75, 3.05) is 17.7 Å². The lowest BCUT2D eigenvalue weighted by atomic mass is 10.2. The van der Waals surface area contributed by atoms with E-state index < -0.39 is 5.97 Å². The number of hydrogen-bond acceptors (Lipinski definition) is 5. The summed E-state index contributed by atoms with van der Waals surface area (Å²) in [6.45, 7) is 2.45. The van der Waals surface area contributed by atoms with Crippen LogP contribution in [0.15, 0.2) is 36.5 Å². The van der Waals surface area contributed by atoms with Gasteiger partial charge in [0.25, 0.3) is 0 Å². The molecule has 0 bridgehead atoms. The average molecular weight is 273 g/mol. The van der Waals surface area contributed by atoms with Gasteiger partial charge in [0.05, 0.1) is 18.5 Å². The summed E-state index contributed by atoms with van der Waals surface area (Å²) in [7, 11) is 0. The number of anilines is 3. The van der Waals surface area contributed by atoms with Crippen molar-refractivity contribution in [1.29, 1.82) is 0 Å². The summed E-state index contributed by atoms with van der Waals surface area (Å²) in [5, 5.41) is 12.1. The van der Waals surface area contributed by atoms with E-state index in [0.29, 0.717) is 23.7 Å². The molecular formula is C14H15N3O3. The fourth-order valence-electron chi connectivity index (χ4n) is 1.71. The molecule has 0 saturated carbocycles. The standard InChI is InChI=1S/C14H15N3O3/c1-2-20-11-5-3-4-10(7-11)17-13-12(14(18)19)6-9(15)8-16-13/h3-8H,2,15H2,1H3,(H,16,17)(H,18,19). The number of ether oxygens (including phenoxy) is 1. The summed E-state index contributed by atoms with van der Waals surface area (Å²) < 4.78 is 5.38. The third-order valence-electron chi connectivity index (χ3n) is 2.55. The van der Waals surface area contributed by atoms with E-state index in [-0.39, 0.29) is 11.4 Å². The van der Waals surface area contributed by atoms with E-state index in [1.165, 1.54) is 12.3 Å². The number of rotatable bonds is 5. The number of carboxylic acids is 1. The van der Waals surface area contributed by atoms with Gasteiger partial charge < -0.3 is 20.9 Å². The summed E-state index contributed by atoms with van der Waals surface area (Å²) in [6.07, 6.45) is 1.40. The monoisotopic (exact) mass is 273 g/mol. The normalized spacial score (nSPS) is 10.1. The molecule has 0 atom stereocenters. The molecule has 0 amide bonds. The summed E-state index contributed by atoms with van der Waals surface area (Å²) in [4.78, 5) is 15.2. The fraction of sp³-hybridized carbons (Fsp3) is 0.143. The average Bonchev–Trinajstić information content (AvgIpc) is 2.41. The van der Waals surface area contributed by atoms with Crippen LogP contribution < -0.4 is 15.8 Å². The van der Waals surface area contributed by atoms with Crippen molar-refractivity contribution in [2.24, 2.45) is 0 Å². The molecule has 0 aliphatic heterocycles. The molecule has 2 aromatic rings. The highest BCUT2D eigenvalue weighted by atomic mass is 16.5. The molecule has 1 aromatic heterocycles. The molecule has 6 heteroatoms. The quantitative estimate of drug-likeness (QED) is 0.774. The highest BCUT2D eigenvalue weighted by molar-refractivity contribution is 5.94. The molecule has 0 fully saturated rings. The minimum atomic E-state index is -1.09. The number of pyridine rings is 1. The van der Waals surface area contributed by atoms with Crippen LogP contribution in [0.3, 0.4) is 0 Å². The van der Waals surface area contributed by atoms with Crippen LogP contribution in [0, 0.1) is 0 Å². The van der Waals surface area contributed by atoms with Gasteiger partial charge in [-0.05, 0) is 25.1 Å². The number of aromatic nitrogens is 1. The highest BCUT2D eigenvalue weighted by Gasteiger charge is 2.12. The Morgan fingerprint density at radius 2 is 2.25 bits per heavy atom. The second-order valence-corrected chi connectivity index (χ2v) is 4.06. The predicted molar refractivity (Wildman–Crippen MR) is 76.5 cm³/mol. The summed E-state index contributed by atoms with van der Waals surface area (Å²) in [6, 6.07) is 8.57. The molecule has 20 heavy (non-hydrogen) atoms. The lowest BCUT2D eigenvalue weighted by Crippen LogP contribution is -2.06. The maximum atomic E-state index is 11.2. The van der Waals surface area contributed by atoms with Crippen molar-refractivity contribution >= 4 is 23.2 Å². The van der Waals surface area contributed by atoms with Crippen molar-refractivity contribution in [3.05, 3.63) is 42.1 Å². The van der Waals surface area contributed by atoms with Crippen LogP contribution in [-0.4, -0.2) is 22.7 Å². The van der Waals surface area contributed by atoms with Gasteiger partial charge in [-0.2, -0.15) is 0 Å². The predicted octanol–water partition coefficient (Wildman–Crippen LogP) is 2.50. The van der Waals surface area contributed by atoms with E-state index in [4.69, 9.17) is 15.6 Å². The number of benzene rings is 1. The lowest BCUT2D eigenvalue weighted by molar-refractivity contribution is 0.0697. The van der Waals surface area contributed by atoms with Crippen LogP contribution in [0.1, 0.15) is 17.3 Å². The van der Waals surface area contributed by atoms with Gasteiger partial charge >= 0.3 is 5.97 Å². The molecule has 2 rings (SSSR count). The Hall–Kier alpha value is -2.76. The largest absolute Gasteiger partial charge is 0.494 e. The number of nitrogens with one attached hydrogen (secondary N) is 1. The van der Waals surface area contributed by atoms with Gasteiger partial charge in [0.2, 0.25) is 0 Å². The van der Waals surface area contributed by atoms with Crippen LogP contribution in [0.2, 0.25) is 0 Å². The zero-order chi connectivity index (χ0) is 14.5. The number of hydrogen-bond donors (Lipinski definition) is 3. The highest BCUT2D eigenvalue weighted by Crippen LogP contribution is 2.23. The number of nitrogens with two attached hydrogens (primary N) is 1. The molecule has 0 unspecified atom stereocenters. The van der Waals surface area contributed by atoms with E-state index in [2.05, 4.69) is 10.3 Å². The van der Waals surface area contributed by atoms with Gasteiger partial charge in [0.1, 0.15) is 17.1 Å². The molecule has 4 N–H and O–H groups in total. The molecular weight excluding hydrogens is 258 g/mol. The number of nitrogen functional groups attached to an aromatic ring is 1. The first-order valence-corrected chi connectivity index (χ1v) is 6.09. The number of carboxylic acid groups (broad SMARTS) is 1. The van der Waals surface area contributed by atoms with Gasteiger partial charge in [-0.1, -0.05) is 6.07 Å². The SMILES string of the molecule is CCOc1cccc(Nc2ncc(N)cc2C(=O)O)c1. The van der Waals surface area contributed by atoms with Crippen molar-refractivity contribution < 1.29 is 14.6 Å². The summed E-state index contributed by atoms with van der Waals surface area (Å²) in [5.74, 6) is -0.154. The Bertz CT molecular complexity index is 629. The van der Waals surface area contributed by atoms with Crippen LogP contribution >= 0.6 is 0 Å². The Kier molecular flexibility index (Phi) is 4.05. The van der Waals surface area contributed by atoms with Crippen molar-refractivity contribution in [3.63, 3.8) is 0 Å². The van der Waals surface area contributed by atoms with Gasteiger partial charge in [-0.3, -0.25) is 0 Å². The minimum Gasteiger partial charge on any atom is -0.494 e. The Morgan fingerprint density at radius 1 is 1.45 bits per heavy atom. The number of nitrogens with zero attached hydrogens (tertiary/aromatic N) is 1. The van der Waals surface area contributed by atoms with Gasteiger partial charge in [0.15, 0.2) is 0 Å². The van der Waals surface area contributed by atoms with Gasteiger partial charge in [-0.15, -0.1) is 0 Å². The summed E-state index contributed by atoms with van der Waals surface area (Å²) in [5.41, 5.74) is 6.56. The number of carbonyl (C=O) groups is 1. The molecule has 104 valence electrons. The van der Waals surface area contributed by atoms with Gasteiger partial charge in [-0.25, -0.2) is 9.78 Å². The first-order chi connectivity index (χ1) is 9.60. The Morgan fingerprint density at radius 3 is 2.95 bits per heavy atom. The molecule has 0 aliphatic rings. The Labute approximate surface area is 116 Å². The Balaban J connectivity index is 2.30. The molecule has 1 heterocycles. The fourth-order valence-corrected chi connectivity index (χ4v) is 1.71. The van der Waals surface area contributed by atoms with E-state index in [9.17, 15) is 4.79 Å². The molecule has 0 saturated heterocycles. The van der Waals surface area contributed by atoms with Crippen molar-refractivity contribution in [2.45, 2.75) is 6.92 Å². The second-order valence-electron chi connectivity index (χ2n) is 4.06. The van der Waals surface area contributed by atoms with Crippen LogP contribution in [-0.2, 0) is 0 Å². The molecule has 0 aliphatic carbocycles. The van der Waals surface area contributed by atoms with E-state index in [1.807, 2.05) is 19.1 Å². The van der Waals surface area contributed by atoms with Crippen molar-refractivity contribution in [3.8, 4) is 5.75 Å². The minimum absolute atomic E-state index is 0.0202. The zero-order valence-corrected chi connectivity index (χ0v) is 11.0. The summed E-state index contributed by atoms with van der Waals surface area (Å²) >= 11 is 0. The second kappa shape index (κ2) is 5.92. The lowest BCUT2D eigenvalue weighted by Gasteiger charge is -2.10. The first-order valence-electron chi connectivity index (χ1n) is 6.09. The number of aromatic carboxylic acids is 1. The van der Waals surface area contributed by atoms with E-state index in [1.54, 1.807) is 12.1 Å².